The van der Waals surface area contributed by atoms with E-state index in [4.69, 9.17) is 9.47 Å². The topological polar surface area (TPSA) is 47.6 Å². The van der Waals surface area contributed by atoms with Crippen LogP contribution in [0.2, 0.25) is 0 Å². The second-order valence-corrected chi connectivity index (χ2v) is 6.61. The van der Waals surface area contributed by atoms with Gasteiger partial charge in [-0.3, -0.25) is 4.79 Å². The molecule has 2 aromatic rings. The van der Waals surface area contributed by atoms with Crippen molar-refractivity contribution in [1.29, 1.82) is 0 Å². The third-order valence-corrected chi connectivity index (χ3v) is 3.64. The van der Waals surface area contributed by atoms with Crippen molar-refractivity contribution in [3.05, 3.63) is 59.2 Å². The zero-order valence-electron chi connectivity index (χ0n) is 15.6. The van der Waals surface area contributed by atoms with Crippen LogP contribution in [0.5, 0.6) is 11.5 Å². The van der Waals surface area contributed by atoms with Gasteiger partial charge in [0.25, 0.3) is 5.91 Å². The maximum atomic E-state index is 12.2. The number of hydrogen-bond acceptors (Lipinski definition) is 3. The molecule has 0 radical (unpaired) electrons. The van der Waals surface area contributed by atoms with E-state index in [-0.39, 0.29) is 12.0 Å². The lowest BCUT2D eigenvalue weighted by molar-refractivity contribution is -0.127. The van der Waals surface area contributed by atoms with Gasteiger partial charge in [0.15, 0.2) is 6.10 Å². The third kappa shape index (κ3) is 6.14. The maximum Gasteiger partial charge on any atom is 0.261 e. The van der Waals surface area contributed by atoms with Gasteiger partial charge in [-0.25, -0.2) is 0 Å². The summed E-state index contributed by atoms with van der Waals surface area (Å²) in [6, 6.07) is 13.7. The highest BCUT2D eigenvalue weighted by atomic mass is 16.5. The standard InChI is InChI=1S/C21H27NO3/c1-14(2)24-19-8-6-18(7-9-19)13-22-21(23)17(5)25-20-11-15(3)10-16(4)12-20/h6-12,14,17H,13H2,1-5H3,(H,22,23). The number of aryl methyl sites for hydroxylation is 2. The molecule has 134 valence electrons. The van der Waals surface area contributed by atoms with E-state index in [9.17, 15) is 4.79 Å². The summed E-state index contributed by atoms with van der Waals surface area (Å²) in [4.78, 5) is 12.2. The second-order valence-electron chi connectivity index (χ2n) is 6.61. The average Bonchev–Trinajstić information content (AvgIpc) is 2.52. The fraction of sp³-hybridized carbons (Fsp3) is 0.381. The first kappa shape index (κ1) is 18.8. The Labute approximate surface area is 150 Å². The molecule has 0 heterocycles. The summed E-state index contributed by atoms with van der Waals surface area (Å²) >= 11 is 0. The van der Waals surface area contributed by atoms with Crippen LogP contribution in [-0.4, -0.2) is 18.1 Å². The van der Waals surface area contributed by atoms with Crippen LogP contribution in [0.25, 0.3) is 0 Å². The predicted octanol–water partition coefficient (Wildman–Crippen LogP) is 4.17. The van der Waals surface area contributed by atoms with Crippen molar-refractivity contribution >= 4 is 5.91 Å². The number of ether oxygens (including phenoxy) is 2. The minimum absolute atomic E-state index is 0.137. The Morgan fingerprint density at radius 1 is 0.920 bits per heavy atom. The minimum Gasteiger partial charge on any atom is -0.491 e. The Hall–Kier alpha value is -2.49. The fourth-order valence-corrected chi connectivity index (χ4v) is 2.55. The molecule has 0 aliphatic heterocycles. The van der Waals surface area contributed by atoms with Gasteiger partial charge in [-0.05, 0) is 75.6 Å². The Morgan fingerprint density at radius 3 is 2.08 bits per heavy atom. The van der Waals surface area contributed by atoms with Gasteiger partial charge in [-0.1, -0.05) is 18.2 Å². The molecule has 1 N–H and O–H groups in total. The lowest BCUT2D eigenvalue weighted by Gasteiger charge is -2.16. The largest absolute Gasteiger partial charge is 0.491 e. The van der Waals surface area contributed by atoms with Crippen LogP contribution in [0, 0.1) is 13.8 Å². The van der Waals surface area contributed by atoms with Crippen molar-refractivity contribution in [1.82, 2.24) is 5.32 Å². The van der Waals surface area contributed by atoms with E-state index in [1.807, 2.05) is 64.1 Å². The van der Waals surface area contributed by atoms with Gasteiger partial charge < -0.3 is 14.8 Å². The number of carbonyl (C=O) groups excluding carboxylic acids is 1. The Balaban J connectivity index is 1.86. The number of carbonyl (C=O) groups is 1. The first-order valence-electron chi connectivity index (χ1n) is 8.62. The van der Waals surface area contributed by atoms with Gasteiger partial charge in [-0.2, -0.15) is 0 Å². The molecular weight excluding hydrogens is 314 g/mol. The monoisotopic (exact) mass is 341 g/mol. The highest BCUT2D eigenvalue weighted by molar-refractivity contribution is 5.80. The molecule has 0 aromatic heterocycles. The zero-order valence-corrected chi connectivity index (χ0v) is 15.6. The van der Waals surface area contributed by atoms with Crippen molar-refractivity contribution in [2.24, 2.45) is 0 Å². The molecule has 1 atom stereocenters. The number of rotatable bonds is 7. The van der Waals surface area contributed by atoms with Crippen molar-refractivity contribution in [3.8, 4) is 11.5 Å². The molecule has 0 bridgehead atoms. The molecule has 4 heteroatoms. The number of benzene rings is 2. The lowest BCUT2D eigenvalue weighted by atomic mass is 10.1. The lowest BCUT2D eigenvalue weighted by Crippen LogP contribution is -2.35. The molecule has 2 aromatic carbocycles. The normalized spacial score (nSPS) is 11.9. The van der Waals surface area contributed by atoms with Crippen molar-refractivity contribution in [2.45, 2.75) is 53.4 Å². The average molecular weight is 341 g/mol. The van der Waals surface area contributed by atoms with E-state index in [1.165, 1.54) is 0 Å². The van der Waals surface area contributed by atoms with E-state index in [0.717, 1.165) is 28.2 Å². The van der Waals surface area contributed by atoms with Gasteiger partial charge >= 0.3 is 0 Å². The van der Waals surface area contributed by atoms with Gasteiger partial charge in [0.2, 0.25) is 0 Å². The van der Waals surface area contributed by atoms with Crippen molar-refractivity contribution < 1.29 is 14.3 Å². The number of nitrogens with one attached hydrogen (secondary N) is 1. The molecule has 1 unspecified atom stereocenters. The highest BCUT2D eigenvalue weighted by Gasteiger charge is 2.14. The molecule has 0 saturated carbocycles. The fourth-order valence-electron chi connectivity index (χ4n) is 2.55. The smallest absolute Gasteiger partial charge is 0.261 e. The SMILES string of the molecule is Cc1cc(C)cc(OC(C)C(=O)NCc2ccc(OC(C)C)cc2)c1. The maximum absolute atomic E-state index is 12.2. The Morgan fingerprint density at radius 2 is 1.52 bits per heavy atom. The predicted molar refractivity (Wildman–Crippen MR) is 100 cm³/mol. The zero-order chi connectivity index (χ0) is 18.4. The van der Waals surface area contributed by atoms with Gasteiger partial charge in [-0.15, -0.1) is 0 Å². The van der Waals surface area contributed by atoms with Crippen LogP contribution < -0.4 is 14.8 Å². The summed E-state index contributed by atoms with van der Waals surface area (Å²) in [7, 11) is 0. The summed E-state index contributed by atoms with van der Waals surface area (Å²) in [6.45, 7) is 10.2. The summed E-state index contributed by atoms with van der Waals surface area (Å²) in [5.41, 5.74) is 3.25. The molecule has 0 saturated heterocycles. The number of hydrogen-bond donors (Lipinski definition) is 1. The van der Waals surface area contributed by atoms with Gasteiger partial charge in [0, 0.05) is 6.54 Å². The van der Waals surface area contributed by atoms with Gasteiger partial charge in [0.05, 0.1) is 6.10 Å². The van der Waals surface area contributed by atoms with Gasteiger partial charge in [0.1, 0.15) is 11.5 Å². The van der Waals surface area contributed by atoms with Crippen LogP contribution in [0.15, 0.2) is 42.5 Å². The molecule has 4 nitrogen and oxygen atoms in total. The first-order valence-corrected chi connectivity index (χ1v) is 8.62. The second kappa shape index (κ2) is 8.56. The van der Waals surface area contributed by atoms with E-state index < -0.39 is 6.10 Å². The highest BCUT2D eigenvalue weighted by Crippen LogP contribution is 2.18. The van der Waals surface area contributed by atoms with Crippen LogP contribution in [-0.2, 0) is 11.3 Å². The van der Waals surface area contributed by atoms with Crippen LogP contribution in [0.4, 0.5) is 0 Å². The van der Waals surface area contributed by atoms with Crippen LogP contribution >= 0.6 is 0 Å². The van der Waals surface area contributed by atoms with Crippen LogP contribution in [0.3, 0.4) is 0 Å². The minimum atomic E-state index is -0.551. The van der Waals surface area contributed by atoms with E-state index in [2.05, 4.69) is 11.4 Å². The molecule has 2 rings (SSSR count). The molecule has 1 amide bonds. The summed E-state index contributed by atoms with van der Waals surface area (Å²) in [6.07, 6.45) is -0.404. The van der Waals surface area contributed by atoms with E-state index in [1.54, 1.807) is 6.92 Å². The number of amides is 1. The quantitative estimate of drug-likeness (QED) is 0.822. The van der Waals surface area contributed by atoms with Crippen molar-refractivity contribution in [3.63, 3.8) is 0 Å². The summed E-state index contributed by atoms with van der Waals surface area (Å²) in [5, 5.41) is 2.90. The molecule has 0 spiro atoms. The van der Waals surface area contributed by atoms with Crippen molar-refractivity contribution in [2.75, 3.05) is 0 Å². The molecule has 0 fully saturated rings. The molecule has 0 aliphatic carbocycles. The molecular formula is C21H27NO3. The Kier molecular flexibility index (Phi) is 6.45. The van der Waals surface area contributed by atoms with E-state index in [0.29, 0.717) is 6.54 Å². The molecule has 25 heavy (non-hydrogen) atoms. The summed E-state index contributed by atoms with van der Waals surface area (Å²) in [5.74, 6) is 1.41. The third-order valence-electron chi connectivity index (χ3n) is 3.64. The van der Waals surface area contributed by atoms with E-state index >= 15 is 0 Å². The summed E-state index contributed by atoms with van der Waals surface area (Å²) < 4.78 is 11.4. The Bertz CT molecular complexity index is 687. The first-order chi connectivity index (χ1) is 11.8. The van der Waals surface area contributed by atoms with Crippen LogP contribution in [0.1, 0.15) is 37.5 Å². The molecule has 0 aliphatic rings.